The van der Waals surface area contributed by atoms with E-state index >= 15 is 0 Å². The van der Waals surface area contributed by atoms with Gasteiger partial charge in [-0.1, -0.05) is 28.8 Å². The molecule has 2 rings (SSSR count). The molecule has 0 aromatic rings. The predicted octanol–water partition coefficient (Wildman–Crippen LogP) is 2.48. The summed E-state index contributed by atoms with van der Waals surface area (Å²) in [5.41, 5.74) is 0.306. The van der Waals surface area contributed by atoms with Gasteiger partial charge < -0.3 is 10.1 Å². The Bertz CT molecular complexity index is 277. The van der Waals surface area contributed by atoms with Gasteiger partial charge in [0.15, 0.2) is 0 Å². The molecule has 2 aliphatic rings. The molecule has 0 aromatic heterocycles. The zero-order chi connectivity index (χ0) is 12.3. The summed E-state index contributed by atoms with van der Waals surface area (Å²) >= 11 is 3.60. The first-order chi connectivity index (χ1) is 8.15. The number of amides is 1. The van der Waals surface area contributed by atoms with E-state index in [4.69, 9.17) is 4.74 Å². The number of hydrogen-bond acceptors (Lipinski definition) is 2. The van der Waals surface area contributed by atoms with Crippen molar-refractivity contribution in [3.8, 4) is 0 Å². The van der Waals surface area contributed by atoms with Crippen LogP contribution in [0.15, 0.2) is 0 Å². The van der Waals surface area contributed by atoms with Crippen LogP contribution < -0.4 is 5.32 Å². The highest BCUT2D eigenvalue weighted by molar-refractivity contribution is 9.09. The number of halogens is 1. The summed E-state index contributed by atoms with van der Waals surface area (Å²) in [7, 11) is 0. The molecule has 1 N–H and O–H groups in total. The molecular formula is C13H22BrNO2. The van der Waals surface area contributed by atoms with Gasteiger partial charge in [-0.15, -0.1) is 0 Å². The number of hydrogen-bond donors (Lipinski definition) is 1. The summed E-state index contributed by atoms with van der Waals surface area (Å²) in [6.45, 7) is 3.44. The molecule has 0 aromatic carbocycles. The zero-order valence-corrected chi connectivity index (χ0v) is 12.1. The Labute approximate surface area is 112 Å². The third-order valence-corrected chi connectivity index (χ3v) is 5.34. The minimum atomic E-state index is 0.0683. The van der Waals surface area contributed by atoms with E-state index < -0.39 is 0 Å². The Morgan fingerprint density at radius 3 is 2.71 bits per heavy atom. The van der Waals surface area contributed by atoms with E-state index in [1.807, 2.05) is 6.92 Å². The molecule has 2 unspecified atom stereocenters. The summed E-state index contributed by atoms with van der Waals surface area (Å²) in [6, 6.07) is 0. The average molecular weight is 304 g/mol. The zero-order valence-electron chi connectivity index (χ0n) is 10.5. The highest BCUT2D eigenvalue weighted by atomic mass is 79.9. The Kier molecular flexibility index (Phi) is 4.47. The SMILES string of the molecule is CC1CC(C(=O)NCC2(CBr)CCCC2)CO1. The lowest BCUT2D eigenvalue weighted by molar-refractivity contribution is -0.125. The minimum absolute atomic E-state index is 0.0683. The largest absolute Gasteiger partial charge is 0.378 e. The smallest absolute Gasteiger partial charge is 0.225 e. The third kappa shape index (κ3) is 3.22. The van der Waals surface area contributed by atoms with Crippen molar-refractivity contribution < 1.29 is 9.53 Å². The fourth-order valence-corrected chi connectivity index (χ4v) is 3.66. The van der Waals surface area contributed by atoms with Crippen LogP contribution in [0.2, 0.25) is 0 Å². The van der Waals surface area contributed by atoms with Crippen LogP contribution >= 0.6 is 15.9 Å². The van der Waals surface area contributed by atoms with Crippen LogP contribution in [0.25, 0.3) is 0 Å². The van der Waals surface area contributed by atoms with Crippen LogP contribution in [0, 0.1) is 11.3 Å². The molecule has 3 nitrogen and oxygen atoms in total. The molecular weight excluding hydrogens is 282 g/mol. The number of carbonyl (C=O) groups is 1. The molecule has 0 bridgehead atoms. The first kappa shape index (κ1) is 13.3. The summed E-state index contributed by atoms with van der Waals surface area (Å²) in [4.78, 5) is 12.0. The first-order valence-electron chi connectivity index (χ1n) is 6.60. The van der Waals surface area contributed by atoms with E-state index in [0.717, 1.165) is 18.3 Å². The normalized spacial score (nSPS) is 31.6. The van der Waals surface area contributed by atoms with Crippen molar-refractivity contribution in [1.29, 1.82) is 0 Å². The van der Waals surface area contributed by atoms with Gasteiger partial charge in [0.05, 0.1) is 18.6 Å². The molecule has 2 fully saturated rings. The first-order valence-corrected chi connectivity index (χ1v) is 7.73. The topological polar surface area (TPSA) is 38.3 Å². The van der Waals surface area contributed by atoms with Gasteiger partial charge in [0, 0.05) is 11.9 Å². The van der Waals surface area contributed by atoms with Gasteiger partial charge >= 0.3 is 0 Å². The van der Waals surface area contributed by atoms with E-state index in [1.54, 1.807) is 0 Å². The fourth-order valence-electron chi connectivity index (χ4n) is 2.90. The second-order valence-electron chi connectivity index (χ2n) is 5.64. The van der Waals surface area contributed by atoms with Gasteiger partial charge in [-0.3, -0.25) is 4.79 Å². The van der Waals surface area contributed by atoms with Gasteiger partial charge in [-0.05, 0) is 31.6 Å². The molecule has 98 valence electrons. The molecule has 0 spiro atoms. The van der Waals surface area contributed by atoms with Gasteiger partial charge in [0.1, 0.15) is 0 Å². The highest BCUT2D eigenvalue weighted by Crippen LogP contribution is 2.39. The van der Waals surface area contributed by atoms with Crippen LogP contribution in [0.5, 0.6) is 0 Å². The van der Waals surface area contributed by atoms with E-state index in [9.17, 15) is 4.79 Å². The number of nitrogens with one attached hydrogen (secondary N) is 1. The highest BCUT2D eigenvalue weighted by Gasteiger charge is 2.34. The van der Waals surface area contributed by atoms with Crippen molar-refractivity contribution in [3.05, 3.63) is 0 Å². The monoisotopic (exact) mass is 303 g/mol. The molecule has 4 heteroatoms. The summed E-state index contributed by atoms with van der Waals surface area (Å²) in [5, 5.41) is 4.13. The van der Waals surface area contributed by atoms with Crippen molar-refractivity contribution in [2.45, 2.75) is 45.1 Å². The predicted molar refractivity (Wildman–Crippen MR) is 71.2 cm³/mol. The van der Waals surface area contributed by atoms with Gasteiger partial charge in [-0.25, -0.2) is 0 Å². The molecule has 1 heterocycles. The maximum Gasteiger partial charge on any atom is 0.225 e. The minimum Gasteiger partial charge on any atom is -0.378 e. The van der Waals surface area contributed by atoms with E-state index in [0.29, 0.717) is 12.0 Å². The molecule has 2 atom stereocenters. The van der Waals surface area contributed by atoms with Crippen molar-refractivity contribution >= 4 is 21.8 Å². The second-order valence-corrected chi connectivity index (χ2v) is 6.20. The summed E-state index contributed by atoms with van der Waals surface area (Å²) in [5.74, 6) is 0.250. The second kappa shape index (κ2) is 5.70. The molecule has 0 radical (unpaired) electrons. The van der Waals surface area contributed by atoms with Crippen LogP contribution in [-0.2, 0) is 9.53 Å². The average Bonchev–Trinajstić information content (AvgIpc) is 2.95. The molecule has 1 aliphatic heterocycles. The maximum absolute atomic E-state index is 12.0. The lowest BCUT2D eigenvalue weighted by atomic mass is 9.88. The third-order valence-electron chi connectivity index (χ3n) is 4.15. The van der Waals surface area contributed by atoms with Crippen molar-refractivity contribution in [2.75, 3.05) is 18.5 Å². The van der Waals surface area contributed by atoms with Crippen LogP contribution in [-0.4, -0.2) is 30.5 Å². The van der Waals surface area contributed by atoms with E-state index in [2.05, 4.69) is 21.2 Å². The number of alkyl halides is 1. The fraction of sp³-hybridized carbons (Fsp3) is 0.923. The van der Waals surface area contributed by atoms with Gasteiger partial charge in [0.2, 0.25) is 5.91 Å². The van der Waals surface area contributed by atoms with Gasteiger partial charge in [0.25, 0.3) is 0 Å². The summed E-state index contributed by atoms with van der Waals surface area (Å²) in [6.07, 6.45) is 6.16. The molecule has 17 heavy (non-hydrogen) atoms. The number of carbonyl (C=O) groups excluding carboxylic acids is 1. The van der Waals surface area contributed by atoms with Crippen molar-refractivity contribution in [2.24, 2.45) is 11.3 Å². The Morgan fingerprint density at radius 2 is 2.18 bits per heavy atom. The molecule has 1 saturated heterocycles. The van der Waals surface area contributed by atoms with Crippen LogP contribution in [0.3, 0.4) is 0 Å². The standard InChI is InChI=1S/C13H22BrNO2/c1-10-6-11(7-17-10)12(16)15-9-13(8-14)4-2-3-5-13/h10-11H,2-9H2,1H3,(H,15,16). The quantitative estimate of drug-likeness (QED) is 0.810. The Morgan fingerprint density at radius 1 is 1.47 bits per heavy atom. The summed E-state index contributed by atoms with van der Waals surface area (Å²) < 4.78 is 5.44. The van der Waals surface area contributed by atoms with E-state index in [-0.39, 0.29) is 17.9 Å². The molecule has 1 saturated carbocycles. The molecule has 1 amide bonds. The van der Waals surface area contributed by atoms with Crippen LogP contribution in [0.4, 0.5) is 0 Å². The Balaban J connectivity index is 1.79. The molecule has 1 aliphatic carbocycles. The number of ether oxygens (including phenoxy) is 1. The van der Waals surface area contributed by atoms with Crippen LogP contribution in [0.1, 0.15) is 39.0 Å². The maximum atomic E-state index is 12.0. The lowest BCUT2D eigenvalue weighted by Crippen LogP contribution is -2.40. The van der Waals surface area contributed by atoms with Crippen molar-refractivity contribution in [3.63, 3.8) is 0 Å². The van der Waals surface area contributed by atoms with Crippen molar-refractivity contribution in [1.82, 2.24) is 5.32 Å². The number of rotatable bonds is 4. The Hall–Kier alpha value is -0.0900. The lowest BCUT2D eigenvalue weighted by Gasteiger charge is -2.27. The van der Waals surface area contributed by atoms with E-state index in [1.165, 1.54) is 25.7 Å². The van der Waals surface area contributed by atoms with Gasteiger partial charge in [-0.2, -0.15) is 0 Å².